The van der Waals surface area contributed by atoms with Crippen molar-refractivity contribution in [2.24, 2.45) is 0 Å². The summed E-state index contributed by atoms with van der Waals surface area (Å²) in [5, 5.41) is 11.0. The lowest BCUT2D eigenvalue weighted by molar-refractivity contribution is 0.700. The Hall–Kier alpha value is -1.33. The smallest absolute Gasteiger partial charge is 0.195 e. The standard InChI is InChI=1S/C11H13ClN4S/c1-2-16-10(14-15-11(16)17)7-13-9-5-3-8(12)4-6-9/h3-6,13H,2,7H2,1H3,(H,15,17). The number of rotatable bonds is 4. The SMILES string of the molecule is CCn1c(CNc2ccc(Cl)cc2)n[nH]c1=S. The molecule has 0 spiro atoms. The molecular formula is C11H13ClN4S. The zero-order chi connectivity index (χ0) is 12.3. The first-order chi connectivity index (χ1) is 8.20. The summed E-state index contributed by atoms with van der Waals surface area (Å²) in [6.07, 6.45) is 0. The van der Waals surface area contributed by atoms with Crippen molar-refractivity contribution >= 4 is 29.5 Å². The number of halogens is 1. The van der Waals surface area contributed by atoms with Crippen LogP contribution in [0.5, 0.6) is 0 Å². The summed E-state index contributed by atoms with van der Waals surface area (Å²) in [4.78, 5) is 0. The van der Waals surface area contributed by atoms with Gasteiger partial charge in [-0.1, -0.05) is 11.6 Å². The second kappa shape index (κ2) is 5.33. The van der Waals surface area contributed by atoms with E-state index in [-0.39, 0.29) is 0 Å². The molecule has 6 heteroatoms. The first-order valence-corrected chi connectivity index (χ1v) is 6.13. The monoisotopic (exact) mass is 268 g/mol. The predicted octanol–water partition coefficient (Wildman–Crippen LogP) is 3.23. The van der Waals surface area contributed by atoms with E-state index in [1.807, 2.05) is 35.8 Å². The Balaban J connectivity index is 2.07. The van der Waals surface area contributed by atoms with Crippen molar-refractivity contribution in [1.82, 2.24) is 14.8 Å². The van der Waals surface area contributed by atoms with E-state index < -0.39 is 0 Å². The van der Waals surface area contributed by atoms with Gasteiger partial charge >= 0.3 is 0 Å². The van der Waals surface area contributed by atoms with E-state index in [1.54, 1.807) is 0 Å². The fraction of sp³-hybridized carbons (Fsp3) is 0.273. The number of hydrogen-bond acceptors (Lipinski definition) is 3. The molecule has 2 aromatic rings. The molecule has 0 radical (unpaired) electrons. The molecule has 90 valence electrons. The summed E-state index contributed by atoms with van der Waals surface area (Å²) in [6, 6.07) is 7.56. The van der Waals surface area contributed by atoms with Gasteiger partial charge in [-0.2, -0.15) is 5.10 Å². The van der Waals surface area contributed by atoms with E-state index in [0.29, 0.717) is 11.3 Å². The fourth-order valence-corrected chi connectivity index (χ4v) is 1.97. The van der Waals surface area contributed by atoms with Crippen LogP contribution in [0.15, 0.2) is 24.3 Å². The molecule has 17 heavy (non-hydrogen) atoms. The summed E-state index contributed by atoms with van der Waals surface area (Å²) in [5.74, 6) is 0.896. The van der Waals surface area contributed by atoms with E-state index in [1.165, 1.54) is 0 Å². The molecule has 2 N–H and O–H groups in total. The van der Waals surface area contributed by atoms with Crippen molar-refractivity contribution in [3.8, 4) is 0 Å². The highest BCUT2D eigenvalue weighted by Gasteiger charge is 2.03. The summed E-state index contributed by atoms with van der Waals surface area (Å²) >= 11 is 10.9. The highest BCUT2D eigenvalue weighted by atomic mass is 35.5. The highest BCUT2D eigenvalue weighted by molar-refractivity contribution is 7.71. The molecule has 0 unspecified atom stereocenters. The van der Waals surface area contributed by atoms with E-state index in [0.717, 1.165) is 23.1 Å². The first-order valence-electron chi connectivity index (χ1n) is 5.34. The number of nitrogens with one attached hydrogen (secondary N) is 2. The van der Waals surface area contributed by atoms with Crippen LogP contribution in [0.3, 0.4) is 0 Å². The first kappa shape index (κ1) is 12.1. The van der Waals surface area contributed by atoms with Gasteiger partial charge in [0.2, 0.25) is 0 Å². The molecule has 0 aliphatic carbocycles. The zero-order valence-corrected chi connectivity index (χ0v) is 11.0. The van der Waals surface area contributed by atoms with Gasteiger partial charge in [0.1, 0.15) is 0 Å². The normalized spacial score (nSPS) is 10.5. The van der Waals surface area contributed by atoms with Crippen LogP contribution in [0, 0.1) is 4.77 Å². The minimum Gasteiger partial charge on any atom is -0.378 e. The van der Waals surface area contributed by atoms with Gasteiger partial charge in [0, 0.05) is 17.3 Å². The number of H-pyrrole nitrogens is 1. The molecule has 0 aliphatic heterocycles. The van der Waals surface area contributed by atoms with Crippen molar-refractivity contribution in [3.05, 3.63) is 39.9 Å². The van der Waals surface area contributed by atoms with E-state index in [4.69, 9.17) is 23.8 Å². The molecule has 1 heterocycles. The van der Waals surface area contributed by atoms with E-state index >= 15 is 0 Å². The molecule has 0 saturated carbocycles. The Morgan fingerprint density at radius 2 is 2.12 bits per heavy atom. The summed E-state index contributed by atoms with van der Waals surface area (Å²) in [6.45, 7) is 3.48. The molecule has 0 bridgehead atoms. The van der Waals surface area contributed by atoms with Gasteiger partial charge in [-0.15, -0.1) is 0 Å². The van der Waals surface area contributed by atoms with Crippen LogP contribution in [0.4, 0.5) is 5.69 Å². The Bertz CT molecular complexity index is 543. The molecule has 1 aromatic carbocycles. The average Bonchev–Trinajstić information content (AvgIpc) is 2.69. The molecule has 4 nitrogen and oxygen atoms in total. The van der Waals surface area contributed by atoms with Crippen molar-refractivity contribution in [3.63, 3.8) is 0 Å². The number of benzene rings is 1. The zero-order valence-electron chi connectivity index (χ0n) is 9.40. The maximum Gasteiger partial charge on any atom is 0.195 e. The third kappa shape index (κ3) is 2.87. The van der Waals surface area contributed by atoms with Gasteiger partial charge in [-0.05, 0) is 43.4 Å². The minimum absolute atomic E-state index is 0.628. The number of anilines is 1. The second-order valence-corrected chi connectivity index (χ2v) is 4.37. The molecule has 0 aliphatic rings. The van der Waals surface area contributed by atoms with Crippen LogP contribution in [0.1, 0.15) is 12.7 Å². The molecule has 2 rings (SSSR count). The molecule has 0 fully saturated rings. The molecule has 0 amide bonds. The van der Waals surface area contributed by atoms with Gasteiger partial charge in [-0.25, -0.2) is 0 Å². The lowest BCUT2D eigenvalue weighted by Crippen LogP contribution is -2.07. The average molecular weight is 269 g/mol. The highest BCUT2D eigenvalue weighted by Crippen LogP contribution is 2.14. The van der Waals surface area contributed by atoms with Crippen molar-refractivity contribution in [2.45, 2.75) is 20.0 Å². The lowest BCUT2D eigenvalue weighted by Gasteiger charge is -2.06. The predicted molar refractivity (Wildman–Crippen MR) is 71.9 cm³/mol. The van der Waals surface area contributed by atoms with Gasteiger partial charge in [-0.3, -0.25) is 5.10 Å². The van der Waals surface area contributed by atoms with E-state index in [9.17, 15) is 0 Å². The third-order valence-electron chi connectivity index (χ3n) is 2.45. The number of hydrogen-bond donors (Lipinski definition) is 2. The molecular weight excluding hydrogens is 256 g/mol. The molecule has 1 aromatic heterocycles. The van der Waals surface area contributed by atoms with Crippen molar-refractivity contribution in [1.29, 1.82) is 0 Å². The van der Waals surface area contributed by atoms with Gasteiger partial charge in [0.15, 0.2) is 10.6 Å². The third-order valence-corrected chi connectivity index (χ3v) is 3.01. The number of nitrogens with zero attached hydrogens (tertiary/aromatic N) is 2. The Morgan fingerprint density at radius 3 is 2.76 bits per heavy atom. The number of aromatic amines is 1. The maximum absolute atomic E-state index is 5.82. The Kier molecular flexibility index (Phi) is 3.81. The maximum atomic E-state index is 5.82. The summed E-state index contributed by atoms with van der Waals surface area (Å²) < 4.78 is 2.61. The van der Waals surface area contributed by atoms with E-state index in [2.05, 4.69) is 15.5 Å². The van der Waals surface area contributed by atoms with Gasteiger partial charge in [0.25, 0.3) is 0 Å². The van der Waals surface area contributed by atoms with Crippen LogP contribution in [-0.2, 0) is 13.1 Å². The lowest BCUT2D eigenvalue weighted by atomic mass is 10.3. The minimum atomic E-state index is 0.628. The van der Waals surface area contributed by atoms with Crippen molar-refractivity contribution in [2.75, 3.05) is 5.32 Å². The van der Waals surface area contributed by atoms with Crippen LogP contribution >= 0.6 is 23.8 Å². The van der Waals surface area contributed by atoms with Crippen molar-refractivity contribution < 1.29 is 0 Å². The Labute approximate surface area is 110 Å². The summed E-state index contributed by atoms with van der Waals surface area (Å²) in [7, 11) is 0. The summed E-state index contributed by atoms with van der Waals surface area (Å²) in [5.41, 5.74) is 1.01. The van der Waals surface area contributed by atoms with Crippen LogP contribution < -0.4 is 5.32 Å². The Morgan fingerprint density at radius 1 is 1.41 bits per heavy atom. The van der Waals surface area contributed by atoms with Crippen LogP contribution in [0.25, 0.3) is 0 Å². The molecule has 0 atom stereocenters. The quantitative estimate of drug-likeness (QED) is 0.837. The van der Waals surface area contributed by atoms with Crippen LogP contribution in [-0.4, -0.2) is 14.8 Å². The topological polar surface area (TPSA) is 45.6 Å². The number of aromatic nitrogens is 3. The largest absolute Gasteiger partial charge is 0.378 e. The van der Waals surface area contributed by atoms with Gasteiger partial charge in [0.05, 0.1) is 6.54 Å². The second-order valence-electron chi connectivity index (χ2n) is 3.55. The van der Waals surface area contributed by atoms with Crippen LogP contribution in [0.2, 0.25) is 5.02 Å². The molecule has 0 saturated heterocycles. The van der Waals surface area contributed by atoms with Gasteiger partial charge < -0.3 is 9.88 Å². The fourth-order valence-electron chi connectivity index (χ4n) is 1.56.